The quantitative estimate of drug-likeness (QED) is 0.786. The fourth-order valence-corrected chi connectivity index (χ4v) is 2.80. The van der Waals surface area contributed by atoms with Crippen LogP contribution in [0.15, 0.2) is 18.2 Å². The summed E-state index contributed by atoms with van der Waals surface area (Å²) >= 11 is 6.14. The van der Waals surface area contributed by atoms with Crippen molar-refractivity contribution in [2.24, 2.45) is 0 Å². The molecule has 1 saturated carbocycles. The van der Waals surface area contributed by atoms with E-state index in [1.54, 1.807) is 0 Å². The van der Waals surface area contributed by atoms with Crippen molar-refractivity contribution in [2.75, 3.05) is 0 Å². The molecule has 0 aliphatic heterocycles. The number of amides is 1. The van der Waals surface area contributed by atoms with Crippen molar-refractivity contribution in [1.82, 2.24) is 5.32 Å². The summed E-state index contributed by atoms with van der Waals surface area (Å²) in [5.74, 6) is 0.0904. The molecule has 3 N–H and O–H groups in total. The Balaban J connectivity index is 0.000000541. The molecule has 22 heavy (non-hydrogen) atoms. The SMILES string of the molecule is Cc1ccc(CC(=O)NC2CCCCC2)c(Cl)c1.O=C(O)O. The predicted octanol–water partition coefficient (Wildman–Crippen LogP) is 3.86. The van der Waals surface area contributed by atoms with Crippen molar-refractivity contribution in [3.8, 4) is 0 Å². The third-order valence-corrected chi connectivity index (χ3v) is 3.88. The van der Waals surface area contributed by atoms with Crippen LogP contribution in [0.5, 0.6) is 0 Å². The molecule has 0 saturated heterocycles. The van der Waals surface area contributed by atoms with E-state index in [9.17, 15) is 4.79 Å². The Morgan fingerprint density at radius 3 is 2.36 bits per heavy atom. The minimum absolute atomic E-state index is 0.0904. The minimum atomic E-state index is -1.83. The van der Waals surface area contributed by atoms with Gasteiger partial charge in [0, 0.05) is 11.1 Å². The lowest BCUT2D eigenvalue weighted by atomic mass is 9.95. The van der Waals surface area contributed by atoms with E-state index in [0.29, 0.717) is 17.5 Å². The Morgan fingerprint density at radius 1 is 1.23 bits per heavy atom. The van der Waals surface area contributed by atoms with E-state index >= 15 is 0 Å². The zero-order chi connectivity index (χ0) is 16.5. The van der Waals surface area contributed by atoms with Gasteiger partial charge in [-0.3, -0.25) is 4.79 Å². The van der Waals surface area contributed by atoms with Crippen LogP contribution in [0.4, 0.5) is 4.79 Å². The lowest BCUT2D eigenvalue weighted by Crippen LogP contribution is -2.37. The molecule has 0 atom stereocenters. The summed E-state index contributed by atoms with van der Waals surface area (Å²) in [4.78, 5) is 20.5. The van der Waals surface area contributed by atoms with Crippen LogP contribution in [-0.4, -0.2) is 28.3 Å². The Kier molecular flexibility index (Phi) is 7.74. The van der Waals surface area contributed by atoms with Crippen molar-refractivity contribution in [2.45, 2.75) is 51.5 Å². The number of carboxylic acid groups (broad SMARTS) is 2. The number of benzene rings is 1. The maximum Gasteiger partial charge on any atom is 0.503 e. The summed E-state index contributed by atoms with van der Waals surface area (Å²) < 4.78 is 0. The number of hydrogen-bond donors (Lipinski definition) is 3. The van der Waals surface area contributed by atoms with Gasteiger partial charge in [0.1, 0.15) is 0 Å². The van der Waals surface area contributed by atoms with Gasteiger partial charge in [-0.25, -0.2) is 4.79 Å². The molecule has 0 bridgehead atoms. The molecule has 1 aromatic rings. The highest BCUT2D eigenvalue weighted by Gasteiger charge is 2.16. The number of halogens is 1. The first-order valence-corrected chi connectivity index (χ1v) is 7.72. The van der Waals surface area contributed by atoms with Crippen LogP contribution in [0.25, 0.3) is 0 Å². The van der Waals surface area contributed by atoms with E-state index in [1.165, 1.54) is 19.3 Å². The number of hydrogen-bond acceptors (Lipinski definition) is 2. The first-order chi connectivity index (χ1) is 10.4. The normalized spacial score (nSPS) is 14.6. The van der Waals surface area contributed by atoms with Gasteiger partial charge in [0.05, 0.1) is 6.42 Å². The second-order valence-corrected chi connectivity index (χ2v) is 5.86. The lowest BCUT2D eigenvalue weighted by Gasteiger charge is -2.22. The highest BCUT2D eigenvalue weighted by molar-refractivity contribution is 6.31. The van der Waals surface area contributed by atoms with Gasteiger partial charge >= 0.3 is 6.16 Å². The maximum absolute atomic E-state index is 11.9. The molecule has 5 nitrogen and oxygen atoms in total. The van der Waals surface area contributed by atoms with Crippen molar-refractivity contribution in [3.63, 3.8) is 0 Å². The maximum atomic E-state index is 11.9. The minimum Gasteiger partial charge on any atom is -0.450 e. The average Bonchev–Trinajstić information content (AvgIpc) is 2.42. The second kappa shape index (κ2) is 9.30. The number of nitrogens with one attached hydrogen (secondary N) is 1. The molecule has 1 aliphatic rings. The highest BCUT2D eigenvalue weighted by Crippen LogP contribution is 2.20. The molecule has 1 fully saturated rings. The Hall–Kier alpha value is -1.75. The van der Waals surface area contributed by atoms with Gasteiger partial charge in [0.25, 0.3) is 0 Å². The zero-order valence-electron chi connectivity index (χ0n) is 12.6. The van der Waals surface area contributed by atoms with Crippen molar-refractivity contribution >= 4 is 23.7 Å². The van der Waals surface area contributed by atoms with Crippen LogP contribution >= 0.6 is 11.6 Å². The molecule has 0 radical (unpaired) electrons. The third-order valence-electron chi connectivity index (χ3n) is 3.53. The summed E-state index contributed by atoms with van der Waals surface area (Å²) in [6.07, 6.45) is 4.55. The smallest absolute Gasteiger partial charge is 0.450 e. The van der Waals surface area contributed by atoms with Gasteiger partial charge in [0.2, 0.25) is 5.91 Å². The topological polar surface area (TPSA) is 86.6 Å². The van der Waals surface area contributed by atoms with Crippen molar-refractivity contribution < 1.29 is 19.8 Å². The van der Waals surface area contributed by atoms with E-state index in [4.69, 9.17) is 26.6 Å². The van der Waals surface area contributed by atoms with Crippen molar-refractivity contribution in [1.29, 1.82) is 0 Å². The number of carbonyl (C=O) groups excluding carboxylic acids is 1. The molecule has 122 valence electrons. The number of aryl methyl sites for hydroxylation is 1. The second-order valence-electron chi connectivity index (χ2n) is 5.46. The summed E-state index contributed by atoms with van der Waals surface area (Å²) in [5, 5.41) is 17.7. The molecule has 0 unspecified atom stereocenters. The number of carbonyl (C=O) groups is 2. The van der Waals surface area contributed by atoms with E-state index in [-0.39, 0.29) is 5.91 Å². The van der Waals surface area contributed by atoms with Crippen LogP contribution in [-0.2, 0) is 11.2 Å². The van der Waals surface area contributed by atoms with Gasteiger partial charge in [-0.05, 0) is 37.0 Å². The fourth-order valence-electron chi connectivity index (χ4n) is 2.49. The molecule has 1 amide bonds. The van der Waals surface area contributed by atoms with Crippen LogP contribution < -0.4 is 5.32 Å². The van der Waals surface area contributed by atoms with Crippen molar-refractivity contribution in [3.05, 3.63) is 34.3 Å². The third kappa shape index (κ3) is 7.31. The monoisotopic (exact) mass is 327 g/mol. The van der Waals surface area contributed by atoms with Gasteiger partial charge in [0.15, 0.2) is 0 Å². The van der Waals surface area contributed by atoms with Crippen LogP contribution in [0, 0.1) is 6.92 Å². The molecule has 1 aromatic carbocycles. The zero-order valence-corrected chi connectivity index (χ0v) is 13.4. The molecular formula is C16H22ClNO4. The summed E-state index contributed by atoms with van der Waals surface area (Å²) in [6.45, 7) is 2.00. The predicted molar refractivity (Wildman–Crippen MR) is 85.6 cm³/mol. The lowest BCUT2D eigenvalue weighted by molar-refractivity contribution is -0.121. The summed E-state index contributed by atoms with van der Waals surface area (Å²) in [6, 6.07) is 6.22. The van der Waals surface area contributed by atoms with Gasteiger partial charge in [-0.15, -0.1) is 0 Å². The summed E-state index contributed by atoms with van der Waals surface area (Å²) in [7, 11) is 0. The van der Waals surface area contributed by atoms with E-state index in [1.807, 2.05) is 25.1 Å². The standard InChI is InChI=1S/C15H20ClNO.CH2O3/c1-11-7-8-12(14(16)9-11)10-15(18)17-13-5-3-2-4-6-13;2-1(3)4/h7-9,13H,2-6,10H2,1H3,(H,17,18);(H2,2,3,4). The average molecular weight is 328 g/mol. The van der Waals surface area contributed by atoms with Crippen LogP contribution in [0.2, 0.25) is 5.02 Å². The number of rotatable bonds is 3. The molecule has 1 aliphatic carbocycles. The van der Waals surface area contributed by atoms with E-state index in [2.05, 4.69) is 5.32 Å². The molecule has 0 spiro atoms. The summed E-state index contributed by atoms with van der Waals surface area (Å²) in [5.41, 5.74) is 2.03. The first kappa shape index (κ1) is 18.3. The van der Waals surface area contributed by atoms with E-state index < -0.39 is 6.16 Å². The Bertz CT molecular complexity index is 509. The van der Waals surface area contributed by atoms with Crippen LogP contribution in [0.3, 0.4) is 0 Å². The largest absolute Gasteiger partial charge is 0.503 e. The van der Waals surface area contributed by atoms with Gasteiger partial charge in [-0.2, -0.15) is 0 Å². The molecule has 0 aromatic heterocycles. The van der Waals surface area contributed by atoms with Gasteiger partial charge < -0.3 is 15.5 Å². The molecule has 2 rings (SSSR count). The molecular weight excluding hydrogens is 306 g/mol. The Labute approximate surface area is 135 Å². The Morgan fingerprint density at radius 2 is 1.82 bits per heavy atom. The van der Waals surface area contributed by atoms with Gasteiger partial charge in [-0.1, -0.05) is 43.0 Å². The fraction of sp³-hybridized carbons (Fsp3) is 0.500. The van der Waals surface area contributed by atoms with Crippen LogP contribution in [0.1, 0.15) is 43.2 Å². The van der Waals surface area contributed by atoms with E-state index in [0.717, 1.165) is 24.0 Å². The first-order valence-electron chi connectivity index (χ1n) is 7.34. The molecule has 0 heterocycles. The highest BCUT2D eigenvalue weighted by atomic mass is 35.5. The molecule has 6 heteroatoms.